The molecule has 1 rings (SSSR count). The fourth-order valence-electron chi connectivity index (χ4n) is 1.47. The smallest absolute Gasteiger partial charge is 0.416 e. The van der Waals surface area contributed by atoms with Crippen molar-refractivity contribution in [3.05, 3.63) is 35.4 Å². The van der Waals surface area contributed by atoms with Gasteiger partial charge in [-0.15, -0.1) is 0 Å². The fourth-order valence-corrected chi connectivity index (χ4v) is 1.47. The van der Waals surface area contributed by atoms with Crippen LogP contribution in [0.15, 0.2) is 24.3 Å². The van der Waals surface area contributed by atoms with E-state index in [1.165, 1.54) is 12.1 Å². The van der Waals surface area contributed by atoms with Gasteiger partial charge in [-0.05, 0) is 11.6 Å². The molecule has 0 saturated heterocycles. The van der Waals surface area contributed by atoms with Gasteiger partial charge in [0.15, 0.2) is 0 Å². The molecule has 3 N–H and O–H groups in total. The molecule has 0 aliphatic heterocycles. The predicted molar refractivity (Wildman–Crippen MR) is 57.3 cm³/mol. The van der Waals surface area contributed by atoms with Crippen LogP contribution >= 0.6 is 0 Å². The Labute approximate surface area is 101 Å². The molecule has 0 fully saturated rings. The summed E-state index contributed by atoms with van der Waals surface area (Å²) in [6.45, 7) is -0.589. The molecule has 18 heavy (non-hydrogen) atoms. The first-order chi connectivity index (χ1) is 8.34. The highest BCUT2D eigenvalue weighted by Gasteiger charge is 2.30. The molecule has 0 aliphatic carbocycles. The van der Waals surface area contributed by atoms with Crippen molar-refractivity contribution in [3.8, 4) is 0 Å². The summed E-state index contributed by atoms with van der Waals surface area (Å²) in [4.78, 5) is 10.3. The van der Waals surface area contributed by atoms with Crippen LogP contribution in [0.4, 0.5) is 18.0 Å². The third kappa shape index (κ3) is 3.92. The van der Waals surface area contributed by atoms with E-state index < -0.39 is 30.4 Å². The molecular weight excluding hydrogens is 251 g/mol. The molecule has 1 unspecified atom stereocenters. The number of hydrogen-bond donors (Lipinski definition) is 3. The average Bonchev–Trinajstić information content (AvgIpc) is 2.29. The normalized spacial score (nSPS) is 13.1. The number of hydrogen-bond acceptors (Lipinski definition) is 2. The largest absolute Gasteiger partial charge is 0.465 e. The van der Waals surface area contributed by atoms with E-state index in [1.54, 1.807) is 0 Å². The van der Waals surface area contributed by atoms with Crippen LogP contribution in [0.1, 0.15) is 17.0 Å². The molecule has 1 aromatic rings. The molecular formula is C11H12F3NO3. The number of rotatable bonds is 4. The van der Waals surface area contributed by atoms with Crippen molar-refractivity contribution in [2.75, 3.05) is 13.2 Å². The Morgan fingerprint density at radius 3 is 2.56 bits per heavy atom. The summed E-state index contributed by atoms with van der Waals surface area (Å²) in [7, 11) is 0. The van der Waals surface area contributed by atoms with E-state index in [2.05, 4.69) is 0 Å². The lowest BCUT2D eigenvalue weighted by molar-refractivity contribution is -0.137. The van der Waals surface area contributed by atoms with Crippen LogP contribution < -0.4 is 5.32 Å². The second-order valence-electron chi connectivity index (χ2n) is 3.69. The topological polar surface area (TPSA) is 69.6 Å². The Morgan fingerprint density at radius 1 is 1.39 bits per heavy atom. The molecule has 0 radical (unpaired) electrons. The number of carbonyl (C=O) groups is 1. The standard InChI is InChI=1S/C11H12F3NO3/c12-11(13,14)9-3-1-2-7(4-9)8(6-16)5-15-10(17)18/h1-4,8,15-16H,5-6H2,(H,17,18). The highest BCUT2D eigenvalue weighted by Crippen LogP contribution is 2.30. The number of nitrogens with one attached hydrogen (secondary N) is 1. The molecule has 1 aromatic carbocycles. The third-order valence-corrected chi connectivity index (χ3v) is 2.41. The number of halogens is 3. The molecule has 4 nitrogen and oxygen atoms in total. The van der Waals surface area contributed by atoms with Crippen molar-refractivity contribution in [3.63, 3.8) is 0 Å². The zero-order valence-corrected chi connectivity index (χ0v) is 9.24. The predicted octanol–water partition coefficient (Wildman–Crippen LogP) is 2.05. The van der Waals surface area contributed by atoms with E-state index in [-0.39, 0.29) is 12.1 Å². The molecule has 0 saturated carbocycles. The van der Waals surface area contributed by atoms with Crippen LogP contribution in [-0.2, 0) is 6.18 Å². The molecule has 0 spiro atoms. The van der Waals surface area contributed by atoms with E-state index >= 15 is 0 Å². The van der Waals surface area contributed by atoms with E-state index in [0.717, 1.165) is 12.1 Å². The van der Waals surface area contributed by atoms with Gasteiger partial charge in [0, 0.05) is 12.5 Å². The average molecular weight is 263 g/mol. The highest BCUT2D eigenvalue weighted by atomic mass is 19.4. The third-order valence-electron chi connectivity index (χ3n) is 2.41. The number of amides is 1. The highest BCUT2D eigenvalue weighted by molar-refractivity contribution is 5.64. The van der Waals surface area contributed by atoms with Crippen LogP contribution in [0.5, 0.6) is 0 Å². The maximum atomic E-state index is 12.5. The number of alkyl halides is 3. The summed E-state index contributed by atoms with van der Waals surface area (Å²) in [6, 6.07) is 4.47. The minimum atomic E-state index is -4.46. The Morgan fingerprint density at radius 2 is 2.06 bits per heavy atom. The lowest BCUT2D eigenvalue weighted by Crippen LogP contribution is -2.28. The molecule has 100 valence electrons. The van der Waals surface area contributed by atoms with E-state index in [4.69, 9.17) is 10.2 Å². The van der Waals surface area contributed by atoms with Gasteiger partial charge < -0.3 is 15.5 Å². The van der Waals surface area contributed by atoms with Gasteiger partial charge in [0.2, 0.25) is 0 Å². The SMILES string of the molecule is O=C(O)NCC(CO)c1cccc(C(F)(F)F)c1. The van der Waals surface area contributed by atoms with Gasteiger partial charge in [-0.25, -0.2) is 4.79 Å². The zero-order chi connectivity index (χ0) is 13.8. The van der Waals surface area contributed by atoms with E-state index in [1.807, 2.05) is 5.32 Å². The molecule has 0 aromatic heterocycles. The fraction of sp³-hybridized carbons (Fsp3) is 0.364. The van der Waals surface area contributed by atoms with Crippen LogP contribution in [0.2, 0.25) is 0 Å². The van der Waals surface area contributed by atoms with E-state index in [9.17, 15) is 18.0 Å². The quantitative estimate of drug-likeness (QED) is 0.778. The molecule has 1 amide bonds. The van der Waals surface area contributed by atoms with Crippen LogP contribution in [0.3, 0.4) is 0 Å². The summed E-state index contributed by atoms with van der Waals surface area (Å²) >= 11 is 0. The first-order valence-electron chi connectivity index (χ1n) is 5.09. The second kappa shape index (κ2) is 5.72. The number of aliphatic hydroxyl groups excluding tert-OH is 1. The lowest BCUT2D eigenvalue weighted by Gasteiger charge is -2.16. The van der Waals surface area contributed by atoms with Crippen LogP contribution in [0.25, 0.3) is 0 Å². The van der Waals surface area contributed by atoms with Gasteiger partial charge in [-0.3, -0.25) is 0 Å². The summed E-state index contributed by atoms with van der Waals surface area (Å²) in [5.41, 5.74) is -0.588. The lowest BCUT2D eigenvalue weighted by atomic mass is 9.98. The Balaban J connectivity index is 2.89. The van der Waals surface area contributed by atoms with E-state index in [0.29, 0.717) is 0 Å². The Bertz CT molecular complexity index is 420. The van der Waals surface area contributed by atoms with Crippen molar-refractivity contribution < 1.29 is 28.2 Å². The van der Waals surface area contributed by atoms with Gasteiger partial charge in [0.25, 0.3) is 0 Å². The van der Waals surface area contributed by atoms with Gasteiger partial charge in [-0.2, -0.15) is 13.2 Å². The first-order valence-corrected chi connectivity index (χ1v) is 5.09. The minimum absolute atomic E-state index is 0.146. The van der Waals surface area contributed by atoms with Crippen molar-refractivity contribution >= 4 is 6.09 Å². The van der Waals surface area contributed by atoms with Gasteiger partial charge in [0.05, 0.1) is 12.2 Å². The molecule has 7 heteroatoms. The van der Waals surface area contributed by atoms with Gasteiger partial charge in [0.1, 0.15) is 0 Å². The molecule has 0 aliphatic rings. The summed E-state index contributed by atoms with van der Waals surface area (Å²) in [6.07, 6.45) is -5.75. The molecule has 0 bridgehead atoms. The Hall–Kier alpha value is -1.76. The monoisotopic (exact) mass is 263 g/mol. The minimum Gasteiger partial charge on any atom is -0.465 e. The first kappa shape index (κ1) is 14.3. The van der Waals surface area contributed by atoms with Crippen LogP contribution in [-0.4, -0.2) is 29.5 Å². The molecule has 0 heterocycles. The number of aliphatic hydroxyl groups is 1. The zero-order valence-electron chi connectivity index (χ0n) is 9.24. The van der Waals surface area contributed by atoms with Crippen molar-refractivity contribution in [2.24, 2.45) is 0 Å². The summed E-state index contributed by atoms with van der Waals surface area (Å²) in [5.74, 6) is -0.705. The van der Waals surface area contributed by atoms with Crippen molar-refractivity contribution in [1.29, 1.82) is 0 Å². The number of carboxylic acid groups (broad SMARTS) is 1. The van der Waals surface area contributed by atoms with Crippen LogP contribution in [0, 0.1) is 0 Å². The maximum absolute atomic E-state index is 12.5. The van der Waals surface area contributed by atoms with Crippen molar-refractivity contribution in [2.45, 2.75) is 12.1 Å². The molecule has 1 atom stereocenters. The van der Waals surface area contributed by atoms with Gasteiger partial charge >= 0.3 is 12.3 Å². The second-order valence-corrected chi connectivity index (χ2v) is 3.69. The maximum Gasteiger partial charge on any atom is 0.416 e. The summed E-state index contributed by atoms with van der Waals surface area (Å²) in [5, 5.41) is 19.5. The Kier molecular flexibility index (Phi) is 4.55. The number of benzene rings is 1. The van der Waals surface area contributed by atoms with Crippen molar-refractivity contribution in [1.82, 2.24) is 5.32 Å². The van der Waals surface area contributed by atoms with Gasteiger partial charge in [-0.1, -0.05) is 18.2 Å². The summed E-state index contributed by atoms with van der Waals surface area (Å²) < 4.78 is 37.4.